The fourth-order valence-electron chi connectivity index (χ4n) is 1.43. The van der Waals surface area contributed by atoms with Crippen LogP contribution < -0.4 is 10.6 Å². The molecule has 4 nitrogen and oxygen atoms in total. The van der Waals surface area contributed by atoms with E-state index in [1.54, 1.807) is 0 Å². The minimum Gasteiger partial charge on any atom is -0.355 e. The monoisotopic (exact) mass is 312 g/mol. The Balaban J connectivity index is 2.09. The van der Waals surface area contributed by atoms with Crippen LogP contribution in [0.15, 0.2) is 30.3 Å². The zero-order chi connectivity index (χ0) is 13.2. The topological polar surface area (TPSA) is 58.2 Å². The summed E-state index contributed by atoms with van der Waals surface area (Å²) >= 11 is 3.07. The number of nitrogens with one attached hydrogen (secondary N) is 2. The van der Waals surface area contributed by atoms with Crippen molar-refractivity contribution in [3.05, 3.63) is 30.3 Å². The van der Waals surface area contributed by atoms with E-state index < -0.39 is 0 Å². The van der Waals surface area contributed by atoms with Gasteiger partial charge >= 0.3 is 0 Å². The summed E-state index contributed by atoms with van der Waals surface area (Å²) < 4.78 is 0. The van der Waals surface area contributed by atoms with Crippen LogP contribution in [0.2, 0.25) is 0 Å². The molecule has 2 N–H and O–H groups in total. The molecule has 0 saturated heterocycles. The van der Waals surface area contributed by atoms with Crippen LogP contribution in [0.1, 0.15) is 19.3 Å². The van der Waals surface area contributed by atoms with Gasteiger partial charge in [0.15, 0.2) is 0 Å². The molecule has 0 aliphatic carbocycles. The van der Waals surface area contributed by atoms with Crippen molar-refractivity contribution in [3.63, 3.8) is 0 Å². The molecule has 0 radical (unpaired) electrons. The van der Waals surface area contributed by atoms with Crippen LogP contribution in [0.4, 0.5) is 5.69 Å². The largest absolute Gasteiger partial charge is 0.355 e. The highest BCUT2D eigenvalue weighted by Gasteiger charge is 2.02. The van der Waals surface area contributed by atoms with E-state index in [1.165, 1.54) is 0 Å². The summed E-state index contributed by atoms with van der Waals surface area (Å²) in [7, 11) is 0. The van der Waals surface area contributed by atoms with Gasteiger partial charge in [0.1, 0.15) is 0 Å². The second-order valence-electron chi connectivity index (χ2n) is 3.85. The van der Waals surface area contributed by atoms with Gasteiger partial charge in [-0.2, -0.15) is 0 Å². The van der Waals surface area contributed by atoms with Gasteiger partial charge in [-0.3, -0.25) is 9.59 Å². The quantitative estimate of drug-likeness (QED) is 0.599. The van der Waals surface area contributed by atoms with E-state index >= 15 is 0 Å². The lowest BCUT2D eigenvalue weighted by Crippen LogP contribution is -2.25. The molecule has 1 rings (SSSR count). The number of anilines is 1. The molecule has 98 valence electrons. The highest BCUT2D eigenvalue weighted by molar-refractivity contribution is 9.09. The molecule has 0 aromatic heterocycles. The Kier molecular flexibility index (Phi) is 7.10. The SMILES string of the molecule is O=C(CBr)NCCCCC(=O)Nc1ccccc1. The fraction of sp³-hybridized carbons (Fsp3) is 0.385. The third-order valence-electron chi connectivity index (χ3n) is 2.33. The fourth-order valence-corrected chi connectivity index (χ4v) is 1.63. The maximum Gasteiger partial charge on any atom is 0.230 e. The highest BCUT2D eigenvalue weighted by atomic mass is 79.9. The number of para-hydroxylation sites is 1. The van der Waals surface area contributed by atoms with Crippen molar-refractivity contribution in [1.29, 1.82) is 0 Å². The number of hydrogen-bond acceptors (Lipinski definition) is 2. The predicted octanol–water partition coefficient (Wildman–Crippen LogP) is 2.31. The molecule has 0 fully saturated rings. The molecule has 5 heteroatoms. The zero-order valence-electron chi connectivity index (χ0n) is 10.1. The molecule has 1 aromatic carbocycles. The Morgan fingerprint density at radius 2 is 1.78 bits per heavy atom. The van der Waals surface area contributed by atoms with Gasteiger partial charge in [-0.05, 0) is 25.0 Å². The number of unbranched alkanes of at least 4 members (excludes halogenated alkanes) is 1. The zero-order valence-corrected chi connectivity index (χ0v) is 11.7. The first kappa shape index (κ1) is 14.7. The molecule has 0 aliphatic rings. The van der Waals surface area contributed by atoms with Gasteiger partial charge in [-0.1, -0.05) is 34.1 Å². The molecule has 18 heavy (non-hydrogen) atoms. The van der Waals surface area contributed by atoms with Gasteiger partial charge in [0.2, 0.25) is 11.8 Å². The van der Waals surface area contributed by atoms with E-state index in [0.717, 1.165) is 18.5 Å². The number of amides is 2. The van der Waals surface area contributed by atoms with E-state index in [9.17, 15) is 9.59 Å². The molecule has 0 saturated carbocycles. The van der Waals surface area contributed by atoms with Crippen molar-refractivity contribution in [2.45, 2.75) is 19.3 Å². The van der Waals surface area contributed by atoms with Crippen LogP contribution in [0, 0.1) is 0 Å². The minimum atomic E-state index is -0.0243. The van der Waals surface area contributed by atoms with Crippen LogP contribution in [0.25, 0.3) is 0 Å². The Morgan fingerprint density at radius 3 is 2.44 bits per heavy atom. The van der Waals surface area contributed by atoms with Crippen LogP contribution in [-0.2, 0) is 9.59 Å². The van der Waals surface area contributed by atoms with Crippen molar-refractivity contribution in [1.82, 2.24) is 5.32 Å². The van der Waals surface area contributed by atoms with Gasteiger partial charge in [0, 0.05) is 18.7 Å². The summed E-state index contributed by atoms with van der Waals surface area (Å²) in [6.07, 6.45) is 2.04. The minimum absolute atomic E-state index is 0.00742. The predicted molar refractivity (Wildman–Crippen MR) is 75.7 cm³/mol. The first-order valence-electron chi connectivity index (χ1n) is 5.90. The molecular formula is C13H17BrN2O2. The summed E-state index contributed by atoms with van der Waals surface area (Å²) in [6.45, 7) is 0.614. The number of halogens is 1. The molecule has 0 unspecified atom stereocenters. The molecule has 2 amide bonds. The summed E-state index contributed by atoms with van der Waals surface area (Å²) in [5, 5.41) is 5.88. The average Bonchev–Trinajstić information content (AvgIpc) is 2.39. The lowest BCUT2D eigenvalue weighted by atomic mass is 10.2. The lowest BCUT2D eigenvalue weighted by Gasteiger charge is -2.05. The van der Waals surface area contributed by atoms with Crippen molar-refractivity contribution in [2.75, 3.05) is 17.2 Å². The van der Waals surface area contributed by atoms with Crippen LogP contribution in [0.3, 0.4) is 0 Å². The van der Waals surface area contributed by atoms with Crippen LogP contribution in [0.5, 0.6) is 0 Å². The summed E-state index contributed by atoms with van der Waals surface area (Å²) in [6, 6.07) is 9.38. The molecule has 0 spiro atoms. The second-order valence-corrected chi connectivity index (χ2v) is 4.42. The van der Waals surface area contributed by atoms with Crippen molar-refractivity contribution in [3.8, 4) is 0 Å². The van der Waals surface area contributed by atoms with E-state index in [-0.39, 0.29) is 11.8 Å². The molecule has 1 aromatic rings. The normalized spacial score (nSPS) is 9.83. The highest BCUT2D eigenvalue weighted by Crippen LogP contribution is 2.06. The number of carbonyl (C=O) groups is 2. The van der Waals surface area contributed by atoms with Crippen molar-refractivity contribution < 1.29 is 9.59 Å². The molecule has 0 atom stereocenters. The third-order valence-corrected chi connectivity index (χ3v) is 2.84. The van der Waals surface area contributed by atoms with Crippen LogP contribution in [-0.4, -0.2) is 23.7 Å². The van der Waals surface area contributed by atoms with Crippen LogP contribution >= 0.6 is 15.9 Å². The number of benzene rings is 1. The Hall–Kier alpha value is -1.36. The number of carbonyl (C=O) groups excluding carboxylic acids is 2. The molecule has 0 bridgehead atoms. The van der Waals surface area contributed by atoms with Gasteiger partial charge < -0.3 is 10.6 Å². The van der Waals surface area contributed by atoms with Gasteiger partial charge in [-0.25, -0.2) is 0 Å². The first-order valence-corrected chi connectivity index (χ1v) is 7.02. The standard InChI is InChI=1S/C13H17BrN2O2/c14-10-13(18)15-9-5-4-8-12(17)16-11-6-2-1-3-7-11/h1-3,6-7H,4-5,8-10H2,(H,15,18)(H,16,17). The summed E-state index contributed by atoms with van der Waals surface area (Å²) in [5.41, 5.74) is 0.815. The van der Waals surface area contributed by atoms with E-state index in [1.807, 2.05) is 30.3 Å². The molecule has 0 aliphatic heterocycles. The first-order chi connectivity index (χ1) is 8.72. The van der Waals surface area contributed by atoms with Gasteiger partial charge in [-0.15, -0.1) is 0 Å². The third kappa shape index (κ3) is 6.39. The average molecular weight is 313 g/mol. The Morgan fingerprint density at radius 1 is 1.06 bits per heavy atom. The Bertz CT molecular complexity index is 382. The lowest BCUT2D eigenvalue weighted by molar-refractivity contribution is -0.118. The maximum atomic E-state index is 11.6. The number of hydrogen-bond donors (Lipinski definition) is 2. The van der Waals surface area contributed by atoms with E-state index in [0.29, 0.717) is 18.3 Å². The second kappa shape index (κ2) is 8.69. The van der Waals surface area contributed by atoms with Crippen molar-refractivity contribution >= 4 is 33.4 Å². The Labute approximate surface area is 115 Å². The summed E-state index contributed by atoms with van der Waals surface area (Å²) in [5.74, 6) is -0.0169. The van der Waals surface area contributed by atoms with E-state index in [4.69, 9.17) is 0 Å². The van der Waals surface area contributed by atoms with Gasteiger partial charge in [0.05, 0.1) is 5.33 Å². The molecule has 0 heterocycles. The smallest absolute Gasteiger partial charge is 0.230 e. The van der Waals surface area contributed by atoms with Crippen molar-refractivity contribution in [2.24, 2.45) is 0 Å². The van der Waals surface area contributed by atoms with E-state index in [2.05, 4.69) is 26.6 Å². The van der Waals surface area contributed by atoms with Gasteiger partial charge in [0.25, 0.3) is 0 Å². The molecular weight excluding hydrogens is 296 g/mol. The maximum absolute atomic E-state index is 11.6. The summed E-state index contributed by atoms with van der Waals surface area (Å²) in [4.78, 5) is 22.5. The number of alkyl halides is 1. The number of rotatable bonds is 7.